The lowest BCUT2D eigenvalue weighted by Gasteiger charge is -2.44. The van der Waals surface area contributed by atoms with Gasteiger partial charge in [0.05, 0.1) is 16.6 Å². The molecule has 3 rings (SSSR count). The Morgan fingerprint density at radius 3 is 3.12 bits per heavy atom. The number of nitrogens with one attached hydrogen (secondary N) is 2. The molecule has 2 aliphatic heterocycles. The number of amides is 2. The third kappa shape index (κ3) is 1.53. The molecule has 17 heavy (non-hydrogen) atoms. The zero-order valence-electron chi connectivity index (χ0n) is 9.01. The van der Waals surface area contributed by atoms with Crippen LogP contribution in [-0.4, -0.2) is 11.8 Å². The minimum atomic E-state index is -0.791. The second-order valence-corrected chi connectivity index (χ2v) is 4.87. The highest BCUT2D eigenvalue weighted by atomic mass is 35.5. The number of hydrogen-bond donors (Lipinski definition) is 2. The van der Waals surface area contributed by atoms with Gasteiger partial charge in [-0.2, -0.15) is 0 Å². The van der Waals surface area contributed by atoms with Crippen LogP contribution in [0.25, 0.3) is 0 Å². The molecule has 2 aliphatic rings. The van der Waals surface area contributed by atoms with Crippen molar-refractivity contribution in [2.24, 2.45) is 0 Å². The van der Waals surface area contributed by atoms with Crippen molar-refractivity contribution in [1.29, 1.82) is 0 Å². The molecule has 0 aliphatic carbocycles. The molecular weight excluding hydrogens is 247 g/mol. The van der Waals surface area contributed by atoms with Gasteiger partial charge in [0.15, 0.2) is 11.5 Å². The smallest absolute Gasteiger partial charge is 0.318 e. The monoisotopic (exact) mass is 256 g/mol. The summed E-state index contributed by atoms with van der Waals surface area (Å²) in [6, 6.07) is 2.29. The minimum Gasteiger partial charge on any atom is -0.468 e. The van der Waals surface area contributed by atoms with Crippen LogP contribution in [0.5, 0.6) is 5.75 Å². The van der Waals surface area contributed by atoms with Gasteiger partial charge in [-0.3, -0.25) is 0 Å². The first-order chi connectivity index (χ1) is 7.98. The van der Waals surface area contributed by atoms with Gasteiger partial charge >= 0.3 is 6.03 Å². The van der Waals surface area contributed by atoms with E-state index < -0.39 is 17.6 Å². The highest BCUT2D eigenvalue weighted by Crippen LogP contribution is 2.43. The summed E-state index contributed by atoms with van der Waals surface area (Å²) in [5.74, 6) is -0.114. The van der Waals surface area contributed by atoms with E-state index in [0.29, 0.717) is 17.7 Å². The third-order valence-corrected chi connectivity index (χ3v) is 3.35. The largest absolute Gasteiger partial charge is 0.468 e. The lowest BCUT2D eigenvalue weighted by molar-refractivity contribution is 0.0105. The van der Waals surface area contributed by atoms with E-state index in [1.165, 1.54) is 6.07 Å². The molecule has 1 fully saturated rings. The fraction of sp³-hybridized carbons (Fsp3) is 0.364. The number of fused-ring (bicyclic) bond motifs is 4. The van der Waals surface area contributed by atoms with Gasteiger partial charge in [-0.25, -0.2) is 9.18 Å². The van der Waals surface area contributed by atoms with Crippen molar-refractivity contribution in [2.45, 2.75) is 25.1 Å². The topological polar surface area (TPSA) is 50.4 Å². The summed E-state index contributed by atoms with van der Waals surface area (Å²) in [6.07, 6.45) is 0.461. The number of rotatable bonds is 0. The molecule has 0 aromatic heterocycles. The summed E-state index contributed by atoms with van der Waals surface area (Å²) in [6.45, 7) is 1.76. The van der Waals surface area contributed by atoms with Crippen LogP contribution in [0.2, 0.25) is 5.02 Å². The average Bonchev–Trinajstić information content (AvgIpc) is 2.21. The Bertz CT molecular complexity index is 522. The van der Waals surface area contributed by atoms with Crippen molar-refractivity contribution in [3.05, 3.63) is 28.5 Å². The Labute approximate surface area is 102 Å². The van der Waals surface area contributed by atoms with E-state index in [1.54, 1.807) is 13.0 Å². The second-order valence-electron chi connectivity index (χ2n) is 4.46. The summed E-state index contributed by atoms with van der Waals surface area (Å²) in [4.78, 5) is 11.4. The van der Waals surface area contributed by atoms with Gasteiger partial charge in [0.1, 0.15) is 5.75 Å². The number of carbonyl (C=O) groups is 1. The van der Waals surface area contributed by atoms with Gasteiger partial charge in [-0.15, -0.1) is 0 Å². The van der Waals surface area contributed by atoms with E-state index in [0.717, 1.165) is 0 Å². The highest BCUT2D eigenvalue weighted by Gasteiger charge is 2.44. The van der Waals surface area contributed by atoms with E-state index in [2.05, 4.69) is 10.6 Å². The van der Waals surface area contributed by atoms with E-state index >= 15 is 0 Å². The summed E-state index contributed by atoms with van der Waals surface area (Å²) < 4.78 is 19.6. The first kappa shape index (κ1) is 10.7. The van der Waals surface area contributed by atoms with E-state index in [-0.39, 0.29) is 11.1 Å². The summed E-state index contributed by atoms with van der Waals surface area (Å²) in [5, 5.41) is 5.37. The molecule has 2 N–H and O–H groups in total. The summed E-state index contributed by atoms with van der Waals surface area (Å²) in [5.41, 5.74) is -0.467. The predicted molar refractivity (Wildman–Crippen MR) is 59.5 cm³/mol. The molecule has 2 heterocycles. The number of urea groups is 1. The van der Waals surface area contributed by atoms with E-state index in [9.17, 15) is 9.18 Å². The van der Waals surface area contributed by atoms with Crippen molar-refractivity contribution < 1.29 is 13.9 Å². The van der Waals surface area contributed by atoms with Crippen molar-refractivity contribution >= 4 is 17.6 Å². The first-order valence-electron chi connectivity index (χ1n) is 5.24. The number of hydrogen-bond acceptors (Lipinski definition) is 2. The SMILES string of the molecule is CC12CC(NC(=O)N1)c1c(ccc(Cl)c1F)O2. The van der Waals surface area contributed by atoms with Gasteiger partial charge < -0.3 is 15.4 Å². The Morgan fingerprint density at radius 1 is 1.59 bits per heavy atom. The fourth-order valence-electron chi connectivity index (χ4n) is 2.37. The summed E-state index contributed by atoms with van der Waals surface area (Å²) in [7, 11) is 0. The lowest BCUT2D eigenvalue weighted by atomic mass is 9.91. The zero-order valence-corrected chi connectivity index (χ0v) is 9.77. The Morgan fingerprint density at radius 2 is 2.35 bits per heavy atom. The molecule has 0 spiro atoms. The van der Waals surface area contributed by atoms with Gasteiger partial charge in [-0.1, -0.05) is 11.6 Å². The van der Waals surface area contributed by atoms with Crippen molar-refractivity contribution in [2.75, 3.05) is 0 Å². The van der Waals surface area contributed by atoms with Crippen LogP contribution < -0.4 is 15.4 Å². The Hall–Kier alpha value is -1.49. The standard InChI is InChI=1S/C11H10ClFN2O2/c1-11-4-6(14-10(16)15-11)8-7(17-11)3-2-5(12)9(8)13/h2-3,6H,4H2,1H3,(H2,14,15,16). The maximum absolute atomic E-state index is 13.9. The van der Waals surface area contributed by atoms with Crippen LogP contribution in [0.4, 0.5) is 9.18 Å². The second kappa shape index (κ2) is 3.26. The quantitative estimate of drug-likeness (QED) is 0.749. The predicted octanol–water partition coefficient (Wildman–Crippen LogP) is 2.33. The van der Waals surface area contributed by atoms with Crippen LogP contribution in [0, 0.1) is 5.82 Å². The number of ether oxygens (including phenoxy) is 1. The number of benzene rings is 1. The van der Waals surface area contributed by atoms with Gasteiger partial charge in [0, 0.05) is 6.42 Å². The van der Waals surface area contributed by atoms with Gasteiger partial charge in [-0.05, 0) is 19.1 Å². The molecule has 1 aromatic carbocycles. The van der Waals surface area contributed by atoms with Gasteiger partial charge in [0.25, 0.3) is 0 Å². The number of halogens is 2. The molecule has 2 bridgehead atoms. The normalized spacial score (nSPS) is 29.8. The molecule has 0 radical (unpaired) electrons. The van der Waals surface area contributed by atoms with Crippen molar-refractivity contribution in [1.82, 2.24) is 10.6 Å². The van der Waals surface area contributed by atoms with Crippen LogP contribution >= 0.6 is 11.6 Å². The van der Waals surface area contributed by atoms with Crippen LogP contribution in [0.15, 0.2) is 12.1 Å². The van der Waals surface area contributed by atoms with Crippen LogP contribution in [0.1, 0.15) is 24.9 Å². The van der Waals surface area contributed by atoms with Crippen molar-refractivity contribution in [3.8, 4) is 5.75 Å². The van der Waals surface area contributed by atoms with Crippen molar-refractivity contribution in [3.63, 3.8) is 0 Å². The molecular formula is C11H10ClFN2O2. The summed E-state index contributed by atoms with van der Waals surface area (Å²) >= 11 is 5.73. The maximum atomic E-state index is 13.9. The molecule has 2 amide bonds. The Balaban J connectivity index is 2.16. The molecule has 1 aromatic rings. The first-order valence-corrected chi connectivity index (χ1v) is 5.62. The average molecular weight is 257 g/mol. The number of carbonyl (C=O) groups excluding carboxylic acids is 1. The lowest BCUT2D eigenvalue weighted by Crippen LogP contribution is -2.62. The molecule has 90 valence electrons. The molecule has 1 saturated heterocycles. The maximum Gasteiger partial charge on any atom is 0.318 e. The van der Waals surface area contributed by atoms with E-state index in [1.807, 2.05) is 0 Å². The fourth-order valence-corrected chi connectivity index (χ4v) is 2.54. The molecule has 0 saturated carbocycles. The van der Waals surface area contributed by atoms with E-state index in [4.69, 9.17) is 16.3 Å². The Kier molecular flexibility index (Phi) is 2.04. The minimum absolute atomic E-state index is 0.0312. The molecule has 2 atom stereocenters. The van der Waals surface area contributed by atoms with Gasteiger partial charge in [0.2, 0.25) is 0 Å². The van der Waals surface area contributed by atoms with Crippen LogP contribution in [-0.2, 0) is 0 Å². The third-order valence-electron chi connectivity index (χ3n) is 3.05. The highest BCUT2D eigenvalue weighted by molar-refractivity contribution is 6.30. The van der Waals surface area contributed by atoms with Crippen LogP contribution in [0.3, 0.4) is 0 Å². The molecule has 6 heteroatoms. The molecule has 2 unspecified atom stereocenters. The zero-order chi connectivity index (χ0) is 12.2. The molecule has 4 nitrogen and oxygen atoms in total.